The first-order valence-corrected chi connectivity index (χ1v) is 9.38. The monoisotopic (exact) mass is 376 g/mol. The predicted molar refractivity (Wildman–Crippen MR) is 99.5 cm³/mol. The number of aromatic hydroxyl groups is 1. The van der Waals surface area contributed by atoms with Crippen molar-refractivity contribution in [3.63, 3.8) is 0 Å². The standard InChI is InChI=1S/C21H26F2N2O2/c1-14(21-7-6-19(27)9-24-21)10-25-11-16(17(12-25)13-26)3-2-15-4-5-18(22)8-20(15)23/h4-9,14,16-17,26-27H,2-3,10-13H2,1H3/t14?,16-,17-/m1/s1. The van der Waals surface area contributed by atoms with Crippen molar-refractivity contribution in [3.05, 3.63) is 59.4 Å². The Kier molecular flexibility index (Phi) is 6.39. The van der Waals surface area contributed by atoms with Crippen LogP contribution in [-0.2, 0) is 6.42 Å². The molecule has 3 atom stereocenters. The Labute approximate surface area is 158 Å². The van der Waals surface area contributed by atoms with Crippen molar-refractivity contribution in [1.29, 1.82) is 0 Å². The van der Waals surface area contributed by atoms with Crippen LogP contribution < -0.4 is 0 Å². The van der Waals surface area contributed by atoms with Crippen molar-refractivity contribution in [2.24, 2.45) is 11.8 Å². The molecule has 2 N–H and O–H groups in total. The first-order chi connectivity index (χ1) is 13.0. The van der Waals surface area contributed by atoms with Crippen molar-refractivity contribution in [2.45, 2.75) is 25.7 Å². The largest absolute Gasteiger partial charge is 0.506 e. The van der Waals surface area contributed by atoms with Crippen LogP contribution in [0.2, 0.25) is 0 Å². The van der Waals surface area contributed by atoms with Gasteiger partial charge in [-0.25, -0.2) is 8.78 Å². The van der Waals surface area contributed by atoms with Gasteiger partial charge in [-0.05, 0) is 48.4 Å². The van der Waals surface area contributed by atoms with E-state index in [1.165, 1.54) is 18.3 Å². The molecular weight excluding hydrogens is 350 g/mol. The summed E-state index contributed by atoms with van der Waals surface area (Å²) in [5.74, 6) is -0.266. The molecule has 1 fully saturated rings. The summed E-state index contributed by atoms with van der Waals surface area (Å²) in [7, 11) is 0. The van der Waals surface area contributed by atoms with E-state index in [1.54, 1.807) is 6.07 Å². The van der Waals surface area contributed by atoms with Crippen LogP contribution in [0, 0.1) is 23.5 Å². The van der Waals surface area contributed by atoms with E-state index in [2.05, 4.69) is 16.8 Å². The molecule has 3 rings (SSSR count). The van der Waals surface area contributed by atoms with Crippen LogP contribution in [0.1, 0.15) is 30.5 Å². The highest BCUT2D eigenvalue weighted by molar-refractivity contribution is 5.20. The van der Waals surface area contributed by atoms with Gasteiger partial charge in [0.05, 0.1) is 6.20 Å². The Morgan fingerprint density at radius 2 is 1.96 bits per heavy atom. The summed E-state index contributed by atoms with van der Waals surface area (Å²) in [4.78, 5) is 6.58. The summed E-state index contributed by atoms with van der Waals surface area (Å²) < 4.78 is 26.9. The second kappa shape index (κ2) is 8.76. The zero-order valence-corrected chi connectivity index (χ0v) is 15.5. The van der Waals surface area contributed by atoms with Gasteiger partial charge in [0.1, 0.15) is 17.4 Å². The van der Waals surface area contributed by atoms with Crippen LogP contribution in [0.3, 0.4) is 0 Å². The van der Waals surface area contributed by atoms with Crippen LogP contribution in [0.4, 0.5) is 8.78 Å². The maximum Gasteiger partial charge on any atom is 0.133 e. The van der Waals surface area contributed by atoms with Crippen molar-refractivity contribution in [1.82, 2.24) is 9.88 Å². The number of aliphatic hydroxyl groups is 1. The van der Waals surface area contributed by atoms with Crippen LogP contribution in [0.5, 0.6) is 5.75 Å². The molecule has 1 saturated heterocycles. The predicted octanol–water partition coefficient (Wildman–Crippen LogP) is 3.34. The van der Waals surface area contributed by atoms with Gasteiger partial charge in [0, 0.05) is 43.9 Å². The third kappa shape index (κ3) is 5.02. The number of aryl methyl sites for hydroxylation is 1. The molecule has 6 heteroatoms. The van der Waals surface area contributed by atoms with E-state index >= 15 is 0 Å². The van der Waals surface area contributed by atoms with E-state index in [4.69, 9.17) is 0 Å². The molecule has 1 aliphatic rings. The number of pyridine rings is 1. The van der Waals surface area contributed by atoms with E-state index in [0.717, 1.165) is 37.8 Å². The molecule has 2 heterocycles. The molecule has 1 aromatic heterocycles. The number of hydrogen-bond donors (Lipinski definition) is 2. The van der Waals surface area contributed by atoms with Crippen LogP contribution in [0.25, 0.3) is 0 Å². The smallest absolute Gasteiger partial charge is 0.133 e. The maximum absolute atomic E-state index is 13.8. The molecule has 1 aromatic carbocycles. The molecule has 0 bridgehead atoms. The highest BCUT2D eigenvalue weighted by atomic mass is 19.1. The lowest BCUT2D eigenvalue weighted by Crippen LogP contribution is -2.26. The quantitative estimate of drug-likeness (QED) is 0.778. The van der Waals surface area contributed by atoms with E-state index in [9.17, 15) is 19.0 Å². The minimum absolute atomic E-state index is 0.110. The highest BCUT2D eigenvalue weighted by Crippen LogP contribution is 2.29. The minimum Gasteiger partial charge on any atom is -0.506 e. The number of aromatic nitrogens is 1. The summed E-state index contributed by atoms with van der Waals surface area (Å²) in [6.45, 7) is 4.66. The molecular formula is C21H26F2N2O2. The molecule has 0 spiro atoms. The van der Waals surface area contributed by atoms with Gasteiger partial charge in [-0.2, -0.15) is 0 Å². The van der Waals surface area contributed by atoms with Crippen LogP contribution in [0.15, 0.2) is 36.5 Å². The van der Waals surface area contributed by atoms with Gasteiger partial charge in [-0.1, -0.05) is 13.0 Å². The Hall–Kier alpha value is -2.05. The second-order valence-electron chi connectivity index (χ2n) is 7.54. The number of rotatable bonds is 7. The Morgan fingerprint density at radius 3 is 2.63 bits per heavy atom. The fraction of sp³-hybridized carbons (Fsp3) is 0.476. The summed E-state index contributed by atoms with van der Waals surface area (Å²) in [6.07, 6.45) is 2.75. The first-order valence-electron chi connectivity index (χ1n) is 9.38. The lowest BCUT2D eigenvalue weighted by molar-refractivity contribution is 0.196. The average Bonchev–Trinajstić information content (AvgIpc) is 3.03. The maximum atomic E-state index is 13.8. The van der Waals surface area contributed by atoms with Gasteiger partial charge in [0.15, 0.2) is 0 Å². The van der Waals surface area contributed by atoms with Gasteiger partial charge in [0.2, 0.25) is 0 Å². The first kappa shape index (κ1) is 19.7. The van der Waals surface area contributed by atoms with E-state index in [-0.39, 0.29) is 30.1 Å². The number of hydrogen-bond acceptors (Lipinski definition) is 4. The molecule has 4 nitrogen and oxygen atoms in total. The van der Waals surface area contributed by atoms with Crippen LogP contribution >= 0.6 is 0 Å². The zero-order chi connectivity index (χ0) is 19.4. The minimum atomic E-state index is -0.562. The zero-order valence-electron chi connectivity index (χ0n) is 15.5. The normalized spacial score (nSPS) is 21.5. The summed E-state index contributed by atoms with van der Waals surface area (Å²) >= 11 is 0. The third-order valence-electron chi connectivity index (χ3n) is 5.49. The van der Waals surface area contributed by atoms with Gasteiger partial charge in [0.25, 0.3) is 0 Å². The van der Waals surface area contributed by atoms with Gasteiger partial charge in [-0.15, -0.1) is 0 Å². The van der Waals surface area contributed by atoms with Gasteiger partial charge >= 0.3 is 0 Å². The molecule has 0 aliphatic carbocycles. The number of halogens is 2. The van der Waals surface area contributed by atoms with Gasteiger partial charge < -0.3 is 15.1 Å². The molecule has 0 amide bonds. The van der Waals surface area contributed by atoms with Crippen molar-refractivity contribution >= 4 is 0 Å². The van der Waals surface area contributed by atoms with E-state index in [1.807, 2.05) is 6.07 Å². The lowest BCUT2D eigenvalue weighted by atomic mass is 9.90. The molecule has 1 unspecified atom stereocenters. The lowest BCUT2D eigenvalue weighted by Gasteiger charge is -2.20. The number of aliphatic hydroxyl groups excluding tert-OH is 1. The molecule has 146 valence electrons. The average molecular weight is 376 g/mol. The Morgan fingerprint density at radius 1 is 1.19 bits per heavy atom. The fourth-order valence-electron chi connectivity index (χ4n) is 3.95. The topological polar surface area (TPSA) is 56.6 Å². The van der Waals surface area contributed by atoms with Crippen molar-refractivity contribution in [3.8, 4) is 5.75 Å². The molecule has 27 heavy (non-hydrogen) atoms. The van der Waals surface area contributed by atoms with Crippen LogP contribution in [-0.4, -0.2) is 46.3 Å². The Balaban J connectivity index is 1.57. The van der Waals surface area contributed by atoms with E-state index < -0.39 is 11.6 Å². The summed E-state index contributed by atoms with van der Waals surface area (Å²) in [6, 6.07) is 7.18. The number of nitrogens with zero attached hydrogens (tertiary/aromatic N) is 2. The molecule has 0 radical (unpaired) electrons. The van der Waals surface area contributed by atoms with Crippen molar-refractivity contribution in [2.75, 3.05) is 26.2 Å². The van der Waals surface area contributed by atoms with E-state index in [0.29, 0.717) is 12.0 Å². The Bertz CT molecular complexity index is 754. The summed E-state index contributed by atoms with van der Waals surface area (Å²) in [5.41, 5.74) is 1.44. The van der Waals surface area contributed by atoms with Crippen molar-refractivity contribution < 1.29 is 19.0 Å². The molecule has 2 aromatic rings. The number of likely N-dealkylation sites (tertiary alicyclic amines) is 1. The highest BCUT2D eigenvalue weighted by Gasteiger charge is 2.32. The molecule has 1 aliphatic heterocycles. The third-order valence-corrected chi connectivity index (χ3v) is 5.49. The second-order valence-corrected chi connectivity index (χ2v) is 7.54. The molecule has 0 saturated carbocycles. The summed E-state index contributed by atoms with van der Waals surface area (Å²) in [5, 5.41) is 19.1. The SMILES string of the molecule is CC(CN1C[C@@H](CCc2ccc(F)cc2F)[C@@H](CO)C1)c1ccc(O)cn1. The number of benzene rings is 1. The van der Waals surface area contributed by atoms with Gasteiger partial charge in [-0.3, -0.25) is 4.98 Å². The fourth-order valence-corrected chi connectivity index (χ4v) is 3.95.